The largest absolute Gasteiger partial charge is 0.463 e. The third kappa shape index (κ3) is 7.93. The number of hydrogen-bond acceptors (Lipinski definition) is 10. The number of likely N-dealkylation sites (tertiary alicyclic amines) is 1. The van der Waals surface area contributed by atoms with Crippen LogP contribution in [0, 0.1) is 11.7 Å². The predicted octanol–water partition coefficient (Wildman–Crippen LogP) is 4.45. The highest BCUT2D eigenvalue weighted by Gasteiger charge is 2.45. The number of hydrogen-bond donors (Lipinski definition) is 2. The lowest BCUT2D eigenvalue weighted by molar-refractivity contribution is -0.139. The van der Waals surface area contributed by atoms with Gasteiger partial charge in [-0.1, -0.05) is 22.0 Å². The van der Waals surface area contributed by atoms with Gasteiger partial charge in [0.05, 0.1) is 18.7 Å². The van der Waals surface area contributed by atoms with Crippen LogP contribution in [0.3, 0.4) is 0 Å². The number of amidine groups is 1. The van der Waals surface area contributed by atoms with Crippen molar-refractivity contribution in [3.8, 4) is 0 Å². The summed E-state index contributed by atoms with van der Waals surface area (Å²) in [6, 6.07) is 3.21. The minimum atomic E-state index is -2.96. The number of halogens is 4. The Hall–Kier alpha value is -2.26. The van der Waals surface area contributed by atoms with Gasteiger partial charge in [-0.05, 0) is 37.6 Å². The standard InChI is InChI=1S/C25H26BrF3N4O3S2.CH4O/c1-2-36-24(35)20-19(12-33-7-5-15(13-37-10-8-34)25(28,29)14-33)31-22(23-30-6-9-38-23)32-21(20)17-4-3-16(27)11-18(17)26;1-2/h3-4,6,8-9,11,15,21H,2,5,7,10,12-14H2,1H3,(H,31,32);2H,1H3/t15?,21-;/m0./s1. The summed E-state index contributed by atoms with van der Waals surface area (Å²) in [5.74, 6) is -4.11. The number of nitrogens with one attached hydrogen (secondary N) is 1. The van der Waals surface area contributed by atoms with E-state index >= 15 is 8.78 Å². The minimum Gasteiger partial charge on any atom is -0.463 e. The molecular formula is C26H30BrF3N4O4S2. The zero-order chi connectivity index (χ0) is 29.3. The predicted molar refractivity (Wildman–Crippen MR) is 153 cm³/mol. The fourth-order valence-corrected chi connectivity index (χ4v) is 6.53. The zero-order valence-electron chi connectivity index (χ0n) is 21.9. The van der Waals surface area contributed by atoms with Crippen LogP contribution in [0.4, 0.5) is 13.2 Å². The van der Waals surface area contributed by atoms with Crippen molar-refractivity contribution in [1.82, 2.24) is 15.2 Å². The Labute approximate surface area is 247 Å². The molecule has 2 aliphatic rings. The third-order valence-corrected chi connectivity index (χ3v) is 8.70. The second-order valence-electron chi connectivity index (χ2n) is 8.78. The van der Waals surface area contributed by atoms with Gasteiger partial charge in [-0.3, -0.25) is 9.89 Å². The van der Waals surface area contributed by atoms with Crippen molar-refractivity contribution in [1.29, 1.82) is 0 Å². The highest BCUT2D eigenvalue weighted by Crippen LogP contribution is 2.39. The highest BCUT2D eigenvalue weighted by molar-refractivity contribution is 9.10. The van der Waals surface area contributed by atoms with Gasteiger partial charge in [0, 0.05) is 52.8 Å². The number of aromatic nitrogens is 1. The summed E-state index contributed by atoms with van der Waals surface area (Å²) in [6.45, 7) is 1.71. The second kappa shape index (κ2) is 15.1. The molecule has 14 heteroatoms. The summed E-state index contributed by atoms with van der Waals surface area (Å²) >= 11 is 5.92. The molecule has 2 aliphatic heterocycles. The summed E-state index contributed by atoms with van der Waals surface area (Å²) < 4.78 is 49.8. The maximum Gasteiger partial charge on any atom is 0.338 e. The van der Waals surface area contributed by atoms with Gasteiger partial charge in [0.15, 0.2) is 10.8 Å². The Kier molecular flexibility index (Phi) is 12.2. The number of nitrogens with zero attached hydrogens (tertiary/aromatic N) is 3. The number of piperidine rings is 1. The lowest BCUT2D eigenvalue weighted by Gasteiger charge is -2.39. The number of thiazole rings is 1. The van der Waals surface area contributed by atoms with Gasteiger partial charge in [0.25, 0.3) is 5.92 Å². The van der Waals surface area contributed by atoms with E-state index in [0.29, 0.717) is 39.4 Å². The molecule has 0 saturated carbocycles. The maximum atomic E-state index is 15.1. The number of esters is 1. The Balaban J connectivity index is 0.00000216. The summed E-state index contributed by atoms with van der Waals surface area (Å²) in [6.07, 6.45) is 2.58. The van der Waals surface area contributed by atoms with Crippen molar-refractivity contribution >= 4 is 57.1 Å². The lowest BCUT2D eigenvalue weighted by Crippen LogP contribution is -2.51. The molecule has 1 unspecified atom stereocenters. The number of thioether (sulfide) groups is 1. The summed E-state index contributed by atoms with van der Waals surface area (Å²) in [7, 11) is 1.00. The molecule has 0 radical (unpaired) electrons. The fourth-order valence-electron chi connectivity index (χ4n) is 4.45. The molecule has 1 fully saturated rings. The average Bonchev–Trinajstić information content (AvgIpc) is 3.46. The number of carbonyl (C=O) groups excluding carboxylic acids is 2. The van der Waals surface area contributed by atoms with Crippen LogP contribution in [0.5, 0.6) is 0 Å². The Morgan fingerprint density at radius 1 is 1.40 bits per heavy atom. The van der Waals surface area contributed by atoms with E-state index in [2.05, 4.69) is 26.2 Å². The van der Waals surface area contributed by atoms with Crippen molar-refractivity contribution in [2.75, 3.05) is 44.9 Å². The van der Waals surface area contributed by atoms with Crippen molar-refractivity contribution in [2.45, 2.75) is 25.3 Å². The molecule has 218 valence electrons. The van der Waals surface area contributed by atoms with Crippen LogP contribution in [0.15, 0.2) is 50.5 Å². The molecule has 3 heterocycles. The number of aliphatic imine (C=N–C) groups is 1. The number of aliphatic hydroxyl groups excluding tert-OH is 1. The Morgan fingerprint density at radius 3 is 2.80 bits per heavy atom. The number of ether oxygens (including phenoxy) is 1. The molecule has 8 nitrogen and oxygen atoms in total. The van der Waals surface area contributed by atoms with Crippen LogP contribution < -0.4 is 5.32 Å². The van der Waals surface area contributed by atoms with Crippen molar-refractivity contribution < 1.29 is 32.6 Å². The van der Waals surface area contributed by atoms with Crippen LogP contribution in [-0.2, 0) is 14.3 Å². The minimum absolute atomic E-state index is 0.0254. The maximum absolute atomic E-state index is 15.1. The number of alkyl halides is 2. The highest BCUT2D eigenvalue weighted by atomic mass is 79.9. The van der Waals surface area contributed by atoms with Gasteiger partial charge in [-0.2, -0.15) is 11.8 Å². The van der Waals surface area contributed by atoms with Crippen molar-refractivity contribution in [3.05, 3.63) is 61.9 Å². The first-order chi connectivity index (χ1) is 19.2. The van der Waals surface area contributed by atoms with Gasteiger partial charge in [0.2, 0.25) is 0 Å². The van der Waals surface area contributed by atoms with Gasteiger partial charge in [0.1, 0.15) is 18.1 Å². The van der Waals surface area contributed by atoms with Crippen LogP contribution in [0.25, 0.3) is 0 Å². The fraction of sp³-hybridized carbons (Fsp3) is 0.462. The van der Waals surface area contributed by atoms with E-state index < -0.39 is 36.2 Å². The SMILES string of the molecule is CCOC(=O)C1=C(CN2CCC(CSCC=O)C(F)(F)C2)NC(c2nccs2)=N[C@H]1c1ccc(F)cc1Br.CO. The molecule has 40 heavy (non-hydrogen) atoms. The Morgan fingerprint density at radius 2 is 2.17 bits per heavy atom. The summed E-state index contributed by atoms with van der Waals surface area (Å²) in [4.78, 5) is 34.5. The topological polar surface area (TPSA) is 104 Å². The molecule has 2 atom stereocenters. The number of aldehydes is 1. The Bertz CT molecular complexity index is 1230. The first-order valence-electron chi connectivity index (χ1n) is 12.4. The monoisotopic (exact) mass is 662 g/mol. The third-order valence-electron chi connectivity index (χ3n) is 6.23. The van der Waals surface area contributed by atoms with E-state index in [1.807, 2.05) is 0 Å². The van der Waals surface area contributed by atoms with Gasteiger partial charge in [-0.15, -0.1) is 11.3 Å². The van der Waals surface area contributed by atoms with Gasteiger partial charge < -0.3 is 20.0 Å². The van der Waals surface area contributed by atoms with E-state index in [1.54, 1.807) is 23.4 Å². The molecule has 1 aromatic heterocycles. The van der Waals surface area contributed by atoms with Gasteiger partial charge >= 0.3 is 5.97 Å². The molecule has 2 N–H and O–H groups in total. The van der Waals surface area contributed by atoms with E-state index in [0.717, 1.165) is 7.11 Å². The molecule has 0 aliphatic carbocycles. The smallest absolute Gasteiger partial charge is 0.338 e. The van der Waals surface area contributed by atoms with Crippen LogP contribution in [0.1, 0.15) is 30.0 Å². The van der Waals surface area contributed by atoms with Crippen LogP contribution in [0.2, 0.25) is 0 Å². The molecule has 0 amide bonds. The molecule has 1 aromatic carbocycles. The van der Waals surface area contributed by atoms with E-state index in [1.165, 1.54) is 41.3 Å². The number of aliphatic hydroxyl groups is 1. The lowest BCUT2D eigenvalue weighted by atomic mass is 9.93. The number of benzene rings is 1. The van der Waals surface area contributed by atoms with Crippen molar-refractivity contribution in [2.24, 2.45) is 10.9 Å². The van der Waals surface area contributed by atoms with Gasteiger partial charge in [-0.25, -0.2) is 22.9 Å². The summed E-state index contributed by atoms with van der Waals surface area (Å²) in [5, 5.41) is 12.5. The quantitative estimate of drug-likeness (QED) is 0.219. The van der Waals surface area contributed by atoms with E-state index in [4.69, 9.17) is 14.8 Å². The normalized spacial score (nSPS) is 20.6. The van der Waals surface area contributed by atoms with Crippen LogP contribution >= 0.6 is 39.0 Å². The summed E-state index contributed by atoms with van der Waals surface area (Å²) in [5.41, 5.74) is 1.08. The zero-order valence-corrected chi connectivity index (χ0v) is 25.1. The van der Waals surface area contributed by atoms with E-state index in [-0.39, 0.29) is 36.7 Å². The first kappa shape index (κ1) is 32.3. The molecule has 1 saturated heterocycles. The molecule has 2 aromatic rings. The number of carbonyl (C=O) groups is 2. The molecular weight excluding hydrogens is 633 g/mol. The van der Waals surface area contributed by atoms with E-state index in [9.17, 15) is 14.0 Å². The molecule has 4 rings (SSSR count). The van der Waals surface area contributed by atoms with Crippen LogP contribution in [-0.4, -0.2) is 83.9 Å². The molecule has 0 bridgehead atoms. The average molecular weight is 664 g/mol. The first-order valence-corrected chi connectivity index (χ1v) is 15.2. The second-order valence-corrected chi connectivity index (χ2v) is 11.6. The number of rotatable bonds is 10. The van der Waals surface area contributed by atoms with Crippen molar-refractivity contribution in [3.63, 3.8) is 0 Å². The molecule has 0 spiro atoms.